The number of rotatable bonds is 9. The van der Waals surface area contributed by atoms with Crippen LogP contribution in [0.2, 0.25) is 0 Å². The maximum absolute atomic E-state index is 12.1. The van der Waals surface area contributed by atoms with E-state index in [2.05, 4.69) is 70.3 Å². The zero-order valence-corrected chi connectivity index (χ0v) is 17.2. The minimum atomic E-state index is 0.0292. The highest BCUT2D eigenvalue weighted by Crippen LogP contribution is 2.23. The van der Waals surface area contributed by atoms with Gasteiger partial charge in [-0.3, -0.25) is 9.36 Å². The lowest BCUT2D eigenvalue weighted by molar-refractivity contribution is -0.118. The van der Waals surface area contributed by atoms with E-state index in [9.17, 15) is 4.79 Å². The lowest BCUT2D eigenvalue weighted by Crippen LogP contribution is -2.26. The fourth-order valence-corrected chi connectivity index (χ4v) is 3.63. The summed E-state index contributed by atoms with van der Waals surface area (Å²) >= 11 is 1.42. The largest absolute Gasteiger partial charge is 0.355 e. The van der Waals surface area contributed by atoms with Crippen LogP contribution in [0.15, 0.2) is 59.8 Å². The summed E-state index contributed by atoms with van der Waals surface area (Å²) in [5.41, 5.74) is 3.39. The van der Waals surface area contributed by atoms with Crippen molar-refractivity contribution in [1.29, 1.82) is 0 Å². The number of thioether (sulfide) groups is 1. The van der Waals surface area contributed by atoms with Gasteiger partial charge in [-0.15, -0.1) is 10.2 Å². The van der Waals surface area contributed by atoms with Crippen molar-refractivity contribution in [1.82, 2.24) is 20.1 Å². The zero-order chi connectivity index (χ0) is 19.8. The van der Waals surface area contributed by atoms with E-state index in [4.69, 9.17) is 0 Å². The van der Waals surface area contributed by atoms with E-state index in [0.29, 0.717) is 12.2 Å². The van der Waals surface area contributed by atoms with Crippen LogP contribution in [-0.2, 0) is 11.2 Å². The van der Waals surface area contributed by atoms with Crippen LogP contribution in [0.25, 0.3) is 5.69 Å². The third-order valence-electron chi connectivity index (χ3n) is 4.38. The summed E-state index contributed by atoms with van der Waals surface area (Å²) in [5.74, 6) is 1.23. The van der Waals surface area contributed by atoms with Gasteiger partial charge < -0.3 is 5.32 Å². The molecule has 0 fully saturated rings. The lowest BCUT2D eigenvalue weighted by atomic mass is 10.1. The number of carbonyl (C=O) groups excluding carboxylic acids is 1. The Kier molecular flexibility index (Phi) is 7.25. The van der Waals surface area contributed by atoms with E-state index in [1.54, 1.807) is 0 Å². The van der Waals surface area contributed by atoms with Crippen LogP contribution >= 0.6 is 11.8 Å². The number of unbranched alkanes of at least 4 members (excludes halogenated alkanes) is 1. The van der Waals surface area contributed by atoms with Gasteiger partial charge in [-0.25, -0.2) is 0 Å². The number of hydrogen-bond acceptors (Lipinski definition) is 4. The highest BCUT2D eigenvalue weighted by Gasteiger charge is 2.16. The van der Waals surface area contributed by atoms with E-state index in [1.165, 1.54) is 22.9 Å². The van der Waals surface area contributed by atoms with E-state index < -0.39 is 0 Å². The third-order valence-corrected chi connectivity index (χ3v) is 5.31. The van der Waals surface area contributed by atoms with Gasteiger partial charge in [-0.1, -0.05) is 73.1 Å². The zero-order valence-electron chi connectivity index (χ0n) is 16.4. The summed E-state index contributed by atoms with van der Waals surface area (Å²) in [4.78, 5) is 12.1. The van der Waals surface area contributed by atoms with E-state index >= 15 is 0 Å². The molecule has 28 heavy (non-hydrogen) atoms. The van der Waals surface area contributed by atoms with Gasteiger partial charge in [0.2, 0.25) is 5.91 Å². The average Bonchev–Trinajstić information content (AvgIpc) is 3.10. The molecule has 2 aromatic carbocycles. The standard InChI is InChI=1S/C22H26N4OS/c1-3-4-14-23-21(27)16-28-22-25-24-20(15-18-8-6-5-7-9-18)26(22)19-12-10-17(2)11-13-19/h5-13H,3-4,14-16H2,1-2H3,(H,23,27). The number of aryl methyl sites for hydroxylation is 1. The molecule has 0 saturated heterocycles. The second kappa shape index (κ2) is 10.1. The molecule has 0 radical (unpaired) electrons. The number of benzene rings is 2. The number of aromatic nitrogens is 3. The summed E-state index contributed by atoms with van der Waals surface area (Å²) in [6, 6.07) is 18.5. The highest BCUT2D eigenvalue weighted by molar-refractivity contribution is 7.99. The minimum Gasteiger partial charge on any atom is -0.355 e. The molecule has 146 valence electrons. The SMILES string of the molecule is CCCCNC(=O)CSc1nnc(Cc2ccccc2)n1-c1ccc(C)cc1. The van der Waals surface area contributed by atoms with Gasteiger partial charge in [0.25, 0.3) is 0 Å². The molecule has 5 nitrogen and oxygen atoms in total. The number of nitrogens with zero attached hydrogens (tertiary/aromatic N) is 3. The Balaban J connectivity index is 1.81. The molecule has 0 spiro atoms. The van der Waals surface area contributed by atoms with Crippen molar-refractivity contribution in [2.24, 2.45) is 0 Å². The third kappa shape index (κ3) is 5.45. The van der Waals surface area contributed by atoms with E-state index in [-0.39, 0.29) is 5.91 Å². The topological polar surface area (TPSA) is 59.8 Å². The normalized spacial score (nSPS) is 10.8. The second-order valence-electron chi connectivity index (χ2n) is 6.72. The number of hydrogen-bond donors (Lipinski definition) is 1. The molecule has 0 aliphatic heterocycles. The van der Waals surface area contributed by atoms with Crippen LogP contribution in [0.3, 0.4) is 0 Å². The van der Waals surface area contributed by atoms with Gasteiger partial charge in [0.05, 0.1) is 5.75 Å². The van der Waals surface area contributed by atoms with Gasteiger partial charge in [0.15, 0.2) is 5.16 Å². The highest BCUT2D eigenvalue weighted by atomic mass is 32.2. The Hall–Kier alpha value is -2.60. The Morgan fingerprint density at radius 1 is 1.07 bits per heavy atom. The van der Waals surface area contributed by atoms with E-state index in [1.807, 2.05) is 18.2 Å². The molecule has 6 heteroatoms. The first-order chi connectivity index (χ1) is 13.7. The monoisotopic (exact) mass is 394 g/mol. The van der Waals surface area contributed by atoms with Crippen molar-refractivity contribution < 1.29 is 4.79 Å². The molecule has 3 rings (SSSR count). The molecule has 0 bridgehead atoms. The van der Waals surface area contributed by atoms with Crippen LogP contribution in [0, 0.1) is 6.92 Å². The predicted molar refractivity (Wildman–Crippen MR) is 114 cm³/mol. The molecule has 0 aliphatic carbocycles. The quantitative estimate of drug-likeness (QED) is 0.437. The lowest BCUT2D eigenvalue weighted by Gasteiger charge is -2.11. The number of carbonyl (C=O) groups is 1. The van der Waals surface area contributed by atoms with Crippen molar-refractivity contribution >= 4 is 17.7 Å². The molecular formula is C22H26N4OS. The van der Waals surface area contributed by atoms with Gasteiger partial charge in [-0.2, -0.15) is 0 Å². The first-order valence-corrected chi connectivity index (χ1v) is 10.6. The van der Waals surface area contributed by atoms with Crippen LogP contribution in [0.4, 0.5) is 0 Å². The maximum Gasteiger partial charge on any atom is 0.230 e. The van der Waals surface area contributed by atoms with Crippen molar-refractivity contribution in [2.45, 2.75) is 38.3 Å². The Morgan fingerprint density at radius 2 is 1.82 bits per heavy atom. The van der Waals surface area contributed by atoms with Crippen LogP contribution in [-0.4, -0.2) is 33.0 Å². The average molecular weight is 395 g/mol. The molecular weight excluding hydrogens is 368 g/mol. The number of amides is 1. The summed E-state index contributed by atoms with van der Waals surface area (Å²) in [5, 5.41) is 12.5. The van der Waals surface area contributed by atoms with Crippen molar-refractivity contribution in [3.05, 3.63) is 71.5 Å². The fraction of sp³-hybridized carbons (Fsp3) is 0.318. The molecule has 3 aromatic rings. The summed E-state index contributed by atoms with van der Waals surface area (Å²) in [6.07, 6.45) is 2.75. The summed E-state index contributed by atoms with van der Waals surface area (Å²) in [6.45, 7) is 4.90. The van der Waals surface area contributed by atoms with Crippen LogP contribution < -0.4 is 5.32 Å². The molecule has 0 saturated carbocycles. The number of nitrogens with one attached hydrogen (secondary N) is 1. The van der Waals surface area contributed by atoms with Gasteiger partial charge in [0, 0.05) is 18.7 Å². The predicted octanol–water partition coefficient (Wildman–Crippen LogP) is 4.17. The molecule has 1 amide bonds. The van der Waals surface area contributed by atoms with Crippen LogP contribution in [0.1, 0.15) is 36.7 Å². The molecule has 0 atom stereocenters. The Bertz CT molecular complexity index is 891. The van der Waals surface area contributed by atoms with Gasteiger partial charge >= 0.3 is 0 Å². The molecule has 0 aliphatic rings. The minimum absolute atomic E-state index is 0.0292. The Morgan fingerprint density at radius 3 is 2.54 bits per heavy atom. The van der Waals surface area contributed by atoms with Crippen molar-refractivity contribution in [3.63, 3.8) is 0 Å². The Labute approximate surface area is 170 Å². The molecule has 0 unspecified atom stereocenters. The fourth-order valence-electron chi connectivity index (χ4n) is 2.83. The summed E-state index contributed by atoms with van der Waals surface area (Å²) in [7, 11) is 0. The molecule has 1 aromatic heterocycles. The van der Waals surface area contributed by atoms with Gasteiger partial charge in [-0.05, 0) is 31.0 Å². The molecule has 1 N–H and O–H groups in total. The first kappa shape index (κ1) is 20.1. The van der Waals surface area contributed by atoms with Crippen LogP contribution in [0.5, 0.6) is 0 Å². The molecule has 1 heterocycles. The van der Waals surface area contributed by atoms with Gasteiger partial charge in [0.1, 0.15) is 5.82 Å². The smallest absolute Gasteiger partial charge is 0.230 e. The van der Waals surface area contributed by atoms with Crippen molar-refractivity contribution in [3.8, 4) is 5.69 Å². The maximum atomic E-state index is 12.1. The van der Waals surface area contributed by atoms with E-state index in [0.717, 1.165) is 36.1 Å². The van der Waals surface area contributed by atoms with Crippen molar-refractivity contribution in [2.75, 3.05) is 12.3 Å². The first-order valence-electron chi connectivity index (χ1n) is 9.62. The second-order valence-corrected chi connectivity index (χ2v) is 7.67. The summed E-state index contributed by atoms with van der Waals surface area (Å²) < 4.78 is 2.05.